The SMILES string of the molecule is CC(C)n1c(Nc2cccnc2)nc2cnc(Nc3ccc(N4CCN(C(=O)OC(C)(C)C)CC4)cc3)nc21. The van der Waals surface area contributed by atoms with Crippen LogP contribution in [-0.2, 0) is 4.74 Å². The molecule has 1 aliphatic rings. The second-order valence-corrected chi connectivity index (χ2v) is 10.8. The number of pyridine rings is 1. The molecular weight excluding hydrogens is 494 g/mol. The van der Waals surface area contributed by atoms with Crippen molar-refractivity contribution < 1.29 is 9.53 Å². The topological polar surface area (TPSA) is 113 Å². The highest BCUT2D eigenvalue weighted by molar-refractivity contribution is 5.77. The predicted octanol–water partition coefficient (Wildman–Crippen LogP) is 5.35. The van der Waals surface area contributed by atoms with E-state index in [4.69, 9.17) is 14.7 Å². The van der Waals surface area contributed by atoms with Gasteiger partial charge in [-0.15, -0.1) is 0 Å². The molecule has 3 aromatic heterocycles. The van der Waals surface area contributed by atoms with Crippen LogP contribution in [0.5, 0.6) is 0 Å². The van der Waals surface area contributed by atoms with Gasteiger partial charge in [0.15, 0.2) is 5.65 Å². The first-order chi connectivity index (χ1) is 18.7. The van der Waals surface area contributed by atoms with Crippen LogP contribution in [0.3, 0.4) is 0 Å². The van der Waals surface area contributed by atoms with E-state index in [1.807, 2.05) is 45.0 Å². The Morgan fingerprint density at radius 3 is 2.33 bits per heavy atom. The molecule has 0 unspecified atom stereocenters. The number of rotatable bonds is 6. The third-order valence-corrected chi connectivity index (χ3v) is 6.29. The third kappa shape index (κ3) is 6.19. The average Bonchev–Trinajstić information content (AvgIpc) is 3.26. The lowest BCUT2D eigenvalue weighted by Gasteiger charge is -2.36. The summed E-state index contributed by atoms with van der Waals surface area (Å²) in [6.45, 7) is 12.6. The van der Waals surface area contributed by atoms with E-state index >= 15 is 0 Å². The average molecular weight is 530 g/mol. The maximum Gasteiger partial charge on any atom is 0.410 e. The molecular formula is C28H35N9O2. The summed E-state index contributed by atoms with van der Waals surface area (Å²) in [6.07, 6.45) is 4.97. The number of hydrogen-bond donors (Lipinski definition) is 2. The second-order valence-electron chi connectivity index (χ2n) is 10.8. The van der Waals surface area contributed by atoms with Gasteiger partial charge in [-0.3, -0.25) is 9.55 Å². The number of benzene rings is 1. The molecule has 11 heteroatoms. The lowest BCUT2D eigenvalue weighted by Crippen LogP contribution is -2.50. The van der Waals surface area contributed by atoms with Crippen molar-refractivity contribution in [3.63, 3.8) is 0 Å². The summed E-state index contributed by atoms with van der Waals surface area (Å²) in [5.74, 6) is 1.19. The van der Waals surface area contributed by atoms with Gasteiger partial charge < -0.3 is 25.2 Å². The van der Waals surface area contributed by atoms with Crippen LogP contribution in [0.4, 0.5) is 33.8 Å². The fraction of sp³-hybridized carbons (Fsp3) is 0.393. The Hall–Kier alpha value is -4.41. The van der Waals surface area contributed by atoms with Crippen molar-refractivity contribution in [3.05, 3.63) is 55.0 Å². The summed E-state index contributed by atoms with van der Waals surface area (Å²) in [6, 6.07) is 12.1. The van der Waals surface area contributed by atoms with Gasteiger partial charge in [-0.25, -0.2) is 14.8 Å². The number of nitrogens with zero attached hydrogens (tertiary/aromatic N) is 7. The molecule has 0 saturated carbocycles. The van der Waals surface area contributed by atoms with Crippen LogP contribution >= 0.6 is 0 Å². The van der Waals surface area contributed by atoms with E-state index in [1.54, 1.807) is 23.5 Å². The summed E-state index contributed by atoms with van der Waals surface area (Å²) in [4.78, 5) is 34.5. The molecule has 0 spiro atoms. The molecule has 0 atom stereocenters. The fourth-order valence-corrected chi connectivity index (χ4v) is 4.45. The van der Waals surface area contributed by atoms with E-state index in [0.29, 0.717) is 30.5 Å². The molecule has 0 bridgehead atoms. The minimum Gasteiger partial charge on any atom is -0.444 e. The van der Waals surface area contributed by atoms with Crippen molar-refractivity contribution in [3.8, 4) is 0 Å². The summed E-state index contributed by atoms with van der Waals surface area (Å²) in [5.41, 5.74) is 3.81. The highest BCUT2D eigenvalue weighted by atomic mass is 16.6. The van der Waals surface area contributed by atoms with Crippen molar-refractivity contribution in [1.82, 2.24) is 29.4 Å². The Bertz CT molecular complexity index is 1420. The molecule has 1 aliphatic heterocycles. The monoisotopic (exact) mass is 529 g/mol. The van der Waals surface area contributed by atoms with E-state index in [2.05, 4.69) is 56.0 Å². The Morgan fingerprint density at radius 1 is 0.949 bits per heavy atom. The van der Waals surface area contributed by atoms with E-state index in [0.717, 1.165) is 35.8 Å². The number of anilines is 5. The van der Waals surface area contributed by atoms with Gasteiger partial charge in [0.25, 0.3) is 0 Å². The van der Waals surface area contributed by atoms with E-state index in [1.165, 1.54) is 0 Å². The zero-order valence-electron chi connectivity index (χ0n) is 23.0. The quantitative estimate of drug-likeness (QED) is 0.341. The van der Waals surface area contributed by atoms with Crippen LogP contribution in [0.25, 0.3) is 11.2 Å². The van der Waals surface area contributed by atoms with E-state index < -0.39 is 5.60 Å². The maximum atomic E-state index is 12.4. The Kier molecular flexibility index (Phi) is 7.23. The van der Waals surface area contributed by atoms with Crippen LogP contribution in [0.1, 0.15) is 40.7 Å². The van der Waals surface area contributed by atoms with Gasteiger partial charge >= 0.3 is 6.09 Å². The number of imidazole rings is 1. The number of nitrogens with one attached hydrogen (secondary N) is 2. The molecule has 4 heterocycles. The number of ether oxygens (including phenoxy) is 1. The van der Waals surface area contributed by atoms with E-state index in [9.17, 15) is 4.79 Å². The van der Waals surface area contributed by atoms with Crippen LogP contribution in [-0.4, -0.2) is 67.3 Å². The smallest absolute Gasteiger partial charge is 0.410 e. The van der Waals surface area contributed by atoms with Crippen LogP contribution < -0.4 is 15.5 Å². The number of hydrogen-bond acceptors (Lipinski definition) is 9. The normalized spacial score (nSPS) is 14.1. The molecule has 0 aliphatic carbocycles. The second kappa shape index (κ2) is 10.8. The summed E-state index contributed by atoms with van der Waals surface area (Å²) < 4.78 is 7.55. The van der Waals surface area contributed by atoms with Crippen molar-refractivity contribution >= 4 is 46.2 Å². The number of carbonyl (C=O) groups is 1. The number of aromatic nitrogens is 5. The van der Waals surface area contributed by atoms with Gasteiger partial charge in [-0.05, 0) is 71.0 Å². The molecule has 1 fully saturated rings. The van der Waals surface area contributed by atoms with Crippen molar-refractivity contribution in [1.29, 1.82) is 0 Å². The first-order valence-corrected chi connectivity index (χ1v) is 13.2. The van der Waals surface area contributed by atoms with Gasteiger partial charge in [-0.1, -0.05) is 0 Å². The predicted molar refractivity (Wildman–Crippen MR) is 153 cm³/mol. The lowest BCUT2D eigenvalue weighted by molar-refractivity contribution is 0.0240. The number of fused-ring (bicyclic) bond motifs is 1. The van der Waals surface area contributed by atoms with Gasteiger partial charge in [0.05, 0.1) is 18.1 Å². The largest absolute Gasteiger partial charge is 0.444 e. The molecule has 11 nitrogen and oxygen atoms in total. The summed E-state index contributed by atoms with van der Waals surface area (Å²) in [7, 11) is 0. The van der Waals surface area contributed by atoms with Gasteiger partial charge in [0, 0.05) is 49.8 Å². The summed E-state index contributed by atoms with van der Waals surface area (Å²) >= 11 is 0. The highest BCUT2D eigenvalue weighted by Gasteiger charge is 2.26. The standard InChI is InChI=1S/C28H35N9O2/c1-19(2)37-24-23(33-26(37)32-21-7-6-12-29-17-21)18-30-25(34-24)31-20-8-10-22(11-9-20)35-13-15-36(16-14-35)27(38)39-28(3,4)5/h6-12,17-19H,13-16H2,1-5H3,(H,32,33)(H,30,31,34). The molecule has 1 aromatic carbocycles. The molecule has 204 valence electrons. The van der Waals surface area contributed by atoms with Gasteiger partial charge in [0.2, 0.25) is 11.9 Å². The number of piperazine rings is 1. The minimum absolute atomic E-state index is 0.131. The van der Waals surface area contributed by atoms with Crippen LogP contribution in [0.15, 0.2) is 55.0 Å². The first-order valence-electron chi connectivity index (χ1n) is 13.2. The zero-order chi connectivity index (χ0) is 27.6. The fourth-order valence-electron chi connectivity index (χ4n) is 4.45. The zero-order valence-corrected chi connectivity index (χ0v) is 23.0. The molecule has 2 N–H and O–H groups in total. The molecule has 1 saturated heterocycles. The van der Waals surface area contributed by atoms with Crippen molar-refractivity contribution in [2.45, 2.75) is 46.3 Å². The molecule has 5 rings (SSSR count). The Labute approximate surface area is 228 Å². The third-order valence-electron chi connectivity index (χ3n) is 6.29. The highest BCUT2D eigenvalue weighted by Crippen LogP contribution is 2.27. The van der Waals surface area contributed by atoms with Gasteiger partial charge in [0.1, 0.15) is 11.1 Å². The molecule has 0 radical (unpaired) electrons. The number of amides is 1. The minimum atomic E-state index is -0.487. The van der Waals surface area contributed by atoms with Crippen molar-refractivity contribution in [2.24, 2.45) is 0 Å². The maximum absolute atomic E-state index is 12.4. The lowest BCUT2D eigenvalue weighted by atomic mass is 10.2. The van der Waals surface area contributed by atoms with E-state index in [-0.39, 0.29) is 12.1 Å². The first kappa shape index (κ1) is 26.2. The Balaban J connectivity index is 1.26. The molecule has 1 amide bonds. The molecule has 4 aromatic rings. The number of carbonyl (C=O) groups excluding carboxylic acids is 1. The van der Waals surface area contributed by atoms with Crippen molar-refractivity contribution in [2.75, 3.05) is 41.7 Å². The van der Waals surface area contributed by atoms with Gasteiger partial charge in [-0.2, -0.15) is 4.98 Å². The molecule has 39 heavy (non-hydrogen) atoms. The van der Waals surface area contributed by atoms with Crippen LogP contribution in [0.2, 0.25) is 0 Å². The van der Waals surface area contributed by atoms with Crippen LogP contribution in [0, 0.1) is 0 Å². The Morgan fingerprint density at radius 2 is 1.69 bits per heavy atom. The summed E-state index contributed by atoms with van der Waals surface area (Å²) in [5, 5.41) is 6.65.